The van der Waals surface area contributed by atoms with E-state index in [-0.39, 0.29) is 17.4 Å². The first-order valence-electron chi connectivity index (χ1n) is 5.95. The number of nitrogens with one attached hydrogen (secondary N) is 2. The Morgan fingerprint density at radius 3 is 2.85 bits per heavy atom. The molecule has 2 aromatic rings. The fourth-order valence-corrected chi connectivity index (χ4v) is 2.09. The monoisotopic (exact) mass is 288 g/mol. The number of thioether (sulfide) groups is 1. The Labute approximate surface area is 120 Å². The van der Waals surface area contributed by atoms with E-state index >= 15 is 0 Å². The number of hydrogen-bond acceptors (Lipinski definition) is 4. The number of phenolic OH excluding ortho intramolecular Hbond substituents is 1. The summed E-state index contributed by atoms with van der Waals surface area (Å²) < 4.78 is 0. The largest absolute Gasteiger partial charge is 0.507 e. The minimum Gasteiger partial charge on any atom is -0.507 e. The number of hydrogen-bond donors (Lipinski definition) is 2. The molecule has 3 N–H and O–H groups in total. The summed E-state index contributed by atoms with van der Waals surface area (Å²) in [5.41, 5.74) is 2.97. The van der Waals surface area contributed by atoms with Gasteiger partial charge in [0.25, 0.3) is 5.91 Å². The molecular formula is C14H14N3O2S+. The molecule has 5 nitrogen and oxygen atoms in total. The minimum absolute atomic E-state index is 0.124. The molecule has 6 heteroatoms. The van der Waals surface area contributed by atoms with Crippen molar-refractivity contribution in [2.45, 2.75) is 5.03 Å². The maximum absolute atomic E-state index is 11.6. The number of nitrogens with zero attached hydrogens (tertiary/aromatic N) is 1. The predicted molar refractivity (Wildman–Crippen MR) is 77.6 cm³/mol. The van der Waals surface area contributed by atoms with E-state index in [0.717, 1.165) is 5.03 Å². The molecule has 0 unspecified atom stereocenters. The minimum atomic E-state index is -0.209. The molecule has 0 fully saturated rings. The number of hydrazone groups is 1. The highest BCUT2D eigenvalue weighted by Crippen LogP contribution is 2.12. The first-order chi connectivity index (χ1) is 9.75. The summed E-state index contributed by atoms with van der Waals surface area (Å²) in [6, 6.07) is 12.4. The second-order valence-electron chi connectivity index (χ2n) is 3.87. The van der Waals surface area contributed by atoms with Crippen molar-refractivity contribution in [1.29, 1.82) is 0 Å². The third kappa shape index (κ3) is 4.40. The highest BCUT2D eigenvalue weighted by atomic mass is 32.2. The van der Waals surface area contributed by atoms with Crippen molar-refractivity contribution in [3.8, 4) is 5.75 Å². The van der Waals surface area contributed by atoms with Crippen LogP contribution < -0.4 is 10.4 Å². The zero-order chi connectivity index (χ0) is 14.2. The maximum Gasteiger partial charge on any atom is 0.250 e. The van der Waals surface area contributed by atoms with Gasteiger partial charge in [-0.15, -0.1) is 0 Å². The highest BCUT2D eigenvalue weighted by Gasteiger charge is 2.05. The molecule has 1 aromatic heterocycles. The molecule has 0 atom stereocenters. The molecule has 20 heavy (non-hydrogen) atoms. The van der Waals surface area contributed by atoms with Crippen LogP contribution in [0.3, 0.4) is 0 Å². The van der Waals surface area contributed by atoms with Gasteiger partial charge in [0.2, 0.25) is 5.03 Å². The van der Waals surface area contributed by atoms with Crippen molar-refractivity contribution in [3.63, 3.8) is 0 Å². The molecule has 0 aliphatic rings. The smallest absolute Gasteiger partial charge is 0.250 e. The molecule has 0 spiro atoms. The lowest BCUT2D eigenvalue weighted by Crippen LogP contribution is -2.20. The molecule has 0 saturated heterocycles. The van der Waals surface area contributed by atoms with Gasteiger partial charge in [0.15, 0.2) is 6.20 Å². The van der Waals surface area contributed by atoms with Crippen LogP contribution in [0.1, 0.15) is 5.56 Å². The Kier molecular flexibility index (Phi) is 5.14. The average molecular weight is 288 g/mol. The Bertz CT molecular complexity index is 602. The van der Waals surface area contributed by atoms with Crippen LogP contribution in [0.5, 0.6) is 5.75 Å². The van der Waals surface area contributed by atoms with Crippen LogP contribution in [0.2, 0.25) is 0 Å². The summed E-state index contributed by atoms with van der Waals surface area (Å²) in [4.78, 5) is 14.6. The second kappa shape index (κ2) is 7.30. The topological polar surface area (TPSA) is 75.8 Å². The van der Waals surface area contributed by atoms with Gasteiger partial charge in [-0.2, -0.15) is 5.10 Å². The molecule has 1 amide bonds. The fourth-order valence-electron chi connectivity index (χ4n) is 1.41. The number of benzene rings is 1. The standard InChI is InChI=1S/C14H13N3O2S/c18-12-6-2-1-5-11(12)9-16-17-13(19)10-20-14-7-3-4-8-15-14/h1-9,18H,10H2,(H,17,19)/p+1. The SMILES string of the molecule is O=C(CSc1cccc[nH+]1)NN=Cc1ccccc1O. The number of amides is 1. The van der Waals surface area contributed by atoms with E-state index < -0.39 is 0 Å². The van der Waals surface area contributed by atoms with Gasteiger partial charge in [0.05, 0.1) is 12.0 Å². The number of aromatic hydroxyl groups is 1. The normalized spacial score (nSPS) is 10.6. The third-order valence-corrected chi connectivity index (χ3v) is 3.34. The molecule has 0 aliphatic carbocycles. The summed E-state index contributed by atoms with van der Waals surface area (Å²) in [6.45, 7) is 0. The molecule has 0 bridgehead atoms. The number of aromatic amines is 1. The van der Waals surface area contributed by atoms with Gasteiger partial charge in [0, 0.05) is 17.7 Å². The van der Waals surface area contributed by atoms with Crippen LogP contribution >= 0.6 is 11.8 Å². The Hall–Kier alpha value is -2.34. The van der Waals surface area contributed by atoms with Gasteiger partial charge in [-0.25, -0.2) is 10.4 Å². The van der Waals surface area contributed by atoms with E-state index in [2.05, 4.69) is 15.5 Å². The zero-order valence-electron chi connectivity index (χ0n) is 10.6. The predicted octanol–water partition coefficient (Wildman–Crippen LogP) is 1.45. The van der Waals surface area contributed by atoms with Gasteiger partial charge in [-0.05, 0) is 30.0 Å². The summed E-state index contributed by atoms with van der Waals surface area (Å²) in [5.74, 6) is 0.177. The second-order valence-corrected chi connectivity index (χ2v) is 4.88. The molecule has 0 aliphatic heterocycles. The number of rotatable bonds is 5. The molecule has 2 rings (SSSR count). The van der Waals surface area contributed by atoms with E-state index in [9.17, 15) is 9.90 Å². The highest BCUT2D eigenvalue weighted by molar-refractivity contribution is 7.99. The molecular weight excluding hydrogens is 274 g/mol. The summed E-state index contributed by atoms with van der Waals surface area (Å²) in [7, 11) is 0. The number of aromatic nitrogens is 1. The van der Waals surface area contributed by atoms with Crippen LogP contribution in [0.4, 0.5) is 0 Å². The van der Waals surface area contributed by atoms with E-state index in [0.29, 0.717) is 5.56 Å². The van der Waals surface area contributed by atoms with Crippen LogP contribution in [-0.4, -0.2) is 23.0 Å². The van der Waals surface area contributed by atoms with Gasteiger partial charge in [0.1, 0.15) is 5.75 Å². The fraction of sp³-hybridized carbons (Fsp3) is 0.0714. The Morgan fingerprint density at radius 2 is 2.10 bits per heavy atom. The van der Waals surface area contributed by atoms with E-state index in [1.54, 1.807) is 30.5 Å². The molecule has 102 valence electrons. The van der Waals surface area contributed by atoms with Crippen molar-refractivity contribution in [1.82, 2.24) is 5.43 Å². The first kappa shape index (κ1) is 14.1. The Morgan fingerprint density at radius 1 is 1.30 bits per heavy atom. The number of pyridine rings is 1. The van der Waals surface area contributed by atoms with Crippen LogP contribution in [0.25, 0.3) is 0 Å². The number of carbonyl (C=O) groups excluding carboxylic acids is 1. The Balaban J connectivity index is 1.79. The van der Waals surface area contributed by atoms with Crippen LogP contribution in [-0.2, 0) is 4.79 Å². The number of para-hydroxylation sites is 1. The van der Waals surface area contributed by atoms with E-state index in [1.165, 1.54) is 18.0 Å². The van der Waals surface area contributed by atoms with Gasteiger partial charge >= 0.3 is 0 Å². The van der Waals surface area contributed by atoms with Gasteiger partial charge < -0.3 is 5.11 Å². The average Bonchev–Trinajstić information content (AvgIpc) is 2.48. The van der Waals surface area contributed by atoms with Crippen LogP contribution in [0, 0.1) is 0 Å². The van der Waals surface area contributed by atoms with E-state index in [4.69, 9.17) is 0 Å². The van der Waals surface area contributed by atoms with Gasteiger partial charge in [-0.1, -0.05) is 12.1 Å². The summed E-state index contributed by atoms with van der Waals surface area (Å²) in [5, 5.41) is 14.2. The summed E-state index contributed by atoms with van der Waals surface area (Å²) in [6.07, 6.45) is 3.21. The van der Waals surface area contributed by atoms with Crippen LogP contribution in [0.15, 0.2) is 58.8 Å². The summed E-state index contributed by atoms with van der Waals surface area (Å²) >= 11 is 1.39. The third-order valence-electron chi connectivity index (χ3n) is 2.37. The molecule has 0 saturated carbocycles. The quantitative estimate of drug-likeness (QED) is 0.497. The lowest BCUT2D eigenvalue weighted by Gasteiger charge is -1.98. The lowest BCUT2D eigenvalue weighted by molar-refractivity contribution is -0.426. The zero-order valence-corrected chi connectivity index (χ0v) is 11.4. The van der Waals surface area contributed by atoms with Crippen molar-refractivity contribution < 1.29 is 14.9 Å². The van der Waals surface area contributed by atoms with Crippen molar-refractivity contribution in [2.75, 3.05) is 5.75 Å². The number of phenols is 1. The van der Waals surface area contributed by atoms with Gasteiger partial charge in [-0.3, -0.25) is 4.79 Å². The number of H-pyrrole nitrogens is 1. The van der Waals surface area contributed by atoms with Crippen molar-refractivity contribution >= 4 is 23.9 Å². The molecule has 1 heterocycles. The lowest BCUT2D eigenvalue weighted by atomic mass is 10.2. The molecule has 0 radical (unpaired) electrons. The first-order valence-corrected chi connectivity index (χ1v) is 6.93. The van der Waals surface area contributed by atoms with Crippen molar-refractivity contribution in [3.05, 3.63) is 54.2 Å². The molecule has 1 aromatic carbocycles. The van der Waals surface area contributed by atoms with E-state index in [1.807, 2.05) is 18.2 Å². The number of carbonyl (C=O) groups is 1. The maximum atomic E-state index is 11.6. The van der Waals surface area contributed by atoms with Crippen molar-refractivity contribution in [2.24, 2.45) is 5.10 Å².